The average Bonchev–Trinajstić information content (AvgIpc) is 2.55. The summed E-state index contributed by atoms with van der Waals surface area (Å²) < 4.78 is 0. The first kappa shape index (κ1) is 9.49. The molecule has 0 unspecified atom stereocenters. The SMILES string of the molecule is CCC1(CCN=NN)CCCC1. The minimum Gasteiger partial charge on any atom is -0.305 e. The van der Waals surface area contributed by atoms with Gasteiger partial charge in [0.15, 0.2) is 0 Å². The lowest BCUT2D eigenvalue weighted by Gasteiger charge is -2.25. The molecular formula is C9H19N3. The Kier molecular flexibility index (Phi) is 3.50. The van der Waals surface area contributed by atoms with Crippen LogP contribution >= 0.6 is 0 Å². The van der Waals surface area contributed by atoms with Crippen molar-refractivity contribution in [2.75, 3.05) is 6.54 Å². The molecule has 0 amide bonds. The number of nitrogens with zero attached hydrogens (tertiary/aromatic N) is 2. The Morgan fingerprint density at radius 2 is 2.00 bits per heavy atom. The van der Waals surface area contributed by atoms with Crippen LogP contribution in [0.4, 0.5) is 0 Å². The molecule has 0 atom stereocenters. The van der Waals surface area contributed by atoms with Crippen LogP contribution in [-0.2, 0) is 0 Å². The lowest BCUT2D eigenvalue weighted by molar-refractivity contribution is 0.264. The van der Waals surface area contributed by atoms with Gasteiger partial charge in [-0.2, -0.15) is 5.11 Å². The van der Waals surface area contributed by atoms with Crippen LogP contribution < -0.4 is 5.84 Å². The fourth-order valence-corrected chi connectivity index (χ4v) is 2.25. The summed E-state index contributed by atoms with van der Waals surface area (Å²) in [6, 6.07) is 0. The van der Waals surface area contributed by atoms with E-state index in [1.54, 1.807) is 0 Å². The van der Waals surface area contributed by atoms with E-state index in [1.165, 1.54) is 38.5 Å². The summed E-state index contributed by atoms with van der Waals surface area (Å²) in [5, 5.41) is 7.12. The van der Waals surface area contributed by atoms with E-state index in [2.05, 4.69) is 17.3 Å². The van der Waals surface area contributed by atoms with Crippen molar-refractivity contribution in [1.29, 1.82) is 0 Å². The third-order valence-electron chi connectivity index (χ3n) is 3.24. The predicted octanol–water partition coefficient (Wildman–Crippen LogP) is 2.67. The summed E-state index contributed by atoms with van der Waals surface area (Å²) in [7, 11) is 0. The van der Waals surface area contributed by atoms with Gasteiger partial charge in [-0.15, -0.1) is 0 Å². The first-order valence-corrected chi connectivity index (χ1v) is 4.90. The smallest absolute Gasteiger partial charge is 0.0625 e. The van der Waals surface area contributed by atoms with Gasteiger partial charge >= 0.3 is 0 Å². The molecule has 3 heteroatoms. The molecule has 0 aromatic carbocycles. The Bertz CT molecular complexity index is 148. The van der Waals surface area contributed by atoms with Crippen LogP contribution in [0.1, 0.15) is 45.4 Å². The molecule has 0 radical (unpaired) electrons. The molecule has 0 saturated heterocycles. The maximum atomic E-state index is 4.96. The molecule has 1 saturated carbocycles. The molecule has 0 aromatic rings. The molecule has 3 nitrogen and oxygen atoms in total. The number of nitrogens with two attached hydrogens (primary N) is 1. The summed E-state index contributed by atoms with van der Waals surface area (Å²) in [4.78, 5) is 0. The van der Waals surface area contributed by atoms with Gasteiger partial charge in [-0.05, 0) is 24.7 Å². The van der Waals surface area contributed by atoms with Crippen LogP contribution in [0.15, 0.2) is 10.3 Å². The molecule has 70 valence electrons. The third-order valence-corrected chi connectivity index (χ3v) is 3.24. The van der Waals surface area contributed by atoms with Crippen LogP contribution in [0.3, 0.4) is 0 Å². The Hall–Kier alpha value is -0.600. The van der Waals surface area contributed by atoms with E-state index in [0.717, 1.165) is 6.54 Å². The van der Waals surface area contributed by atoms with Gasteiger partial charge in [0, 0.05) is 0 Å². The molecular weight excluding hydrogens is 150 g/mol. The summed E-state index contributed by atoms with van der Waals surface area (Å²) in [5.41, 5.74) is 0.578. The minimum absolute atomic E-state index is 0.578. The molecule has 0 aromatic heterocycles. The first-order chi connectivity index (χ1) is 5.83. The van der Waals surface area contributed by atoms with Crippen LogP contribution in [-0.4, -0.2) is 6.54 Å². The molecule has 2 N–H and O–H groups in total. The quantitative estimate of drug-likeness (QED) is 0.392. The number of rotatable bonds is 4. The second-order valence-corrected chi connectivity index (χ2v) is 3.79. The second-order valence-electron chi connectivity index (χ2n) is 3.79. The van der Waals surface area contributed by atoms with Gasteiger partial charge in [0.05, 0.1) is 6.54 Å². The maximum absolute atomic E-state index is 4.96. The molecule has 1 rings (SSSR count). The topological polar surface area (TPSA) is 50.7 Å². The zero-order chi connectivity index (χ0) is 8.86. The maximum Gasteiger partial charge on any atom is 0.0625 e. The molecule has 1 aliphatic rings. The average molecular weight is 169 g/mol. The van der Waals surface area contributed by atoms with Gasteiger partial charge < -0.3 is 5.84 Å². The van der Waals surface area contributed by atoms with Crippen molar-refractivity contribution in [2.45, 2.75) is 45.4 Å². The highest BCUT2D eigenvalue weighted by Gasteiger charge is 2.31. The van der Waals surface area contributed by atoms with E-state index in [-0.39, 0.29) is 0 Å². The standard InChI is InChI=1S/C9H19N3/c1-2-9(5-3-4-6-9)7-8-11-12-10/h2-8H2,1H3,(H2,10,11). The van der Waals surface area contributed by atoms with Gasteiger partial charge in [0.25, 0.3) is 0 Å². The fraction of sp³-hybridized carbons (Fsp3) is 1.00. The van der Waals surface area contributed by atoms with E-state index in [4.69, 9.17) is 5.84 Å². The Labute approximate surface area is 74.4 Å². The largest absolute Gasteiger partial charge is 0.305 e. The lowest BCUT2D eigenvalue weighted by Crippen LogP contribution is -2.16. The zero-order valence-corrected chi connectivity index (χ0v) is 7.92. The molecule has 1 fully saturated rings. The number of hydrogen-bond acceptors (Lipinski definition) is 2. The van der Waals surface area contributed by atoms with E-state index >= 15 is 0 Å². The molecule has 0 aliphatic heterocycles. The molecule has 0 spiro atoms. The molecule has 0 heterocycles. The molecule has 0 bridgehead atoms. The summed E-state index contributed by atoms with van der Waals surface area (Å²) in [6.07, 6.45) is 8.01. The summed E-state index contributed by atoms with van der Waals surface area (Å²) >= 11 is 0. The highest BCUT2D eigenvalue weighted by Crippen LogP contribution is 2.43. The van der Waals surface area contributed by atoms with E-state index in [0.29, 0.717) is 5.41 Å². The highest BCUT2D eigenvalue weighted by atomic mass is 15.3. The van der Waals surface area contributed by atoms with Crippen LogP contribution in [0.25, 0.3) is 0 Å². The number of hydrogen-bond donors (Lipinski definition) is 1. The third kappa shape index (κ3) is 2.19. The summed E-state index contributed by atoms with van der Waals surface area (Å²) in [6.45, 7) is 3.09. The minimum atomic E-state index is 0.578. The Balaban J connectivity index is 2.33. The normalized spacial score (nSPS) is 22.1. The Morgan fingerprint density at radius 1 is 1.33 bits per heavy atom. The van der Waals surface area contributed by atoms with E-state index in [9.17, 15) is 0 Å². The van der Waals surface area contributed by atoms with Gasteiger partial charge in [0.2, 0.25) is 0 Å². The first-order valence-electron chi connectivity index (χ1n) is 4.90. The van der Waals surface area contributed by atoms with Crippen LogP contribution in [0.2, 0.25) is 0 Å². The van der Waals surface area contributed by atoms with Crippen molar-refractivity contribution in [3.05, 3.63) is 0 Å². The molecule has 1 aliphatic carbocycles. The van der Waals surface area contributed by atoms with Crippen molar-refractivity contribution in [3.63, 3.8) is 0 Å². The fourth-order valence-electron chi connectivity index (χ4n) is 2.25. The second kappa shape index (κ2) is 4.43. The van der Waals surface area contributed by atoms with Crippen molar-refractivity contribution in [2.24, 2.45) is 21.6 Å². The van der Waals surface area contributed by atoms with Gasteiger partial charge in [-0.25, -0.2) is 0 Å². The lowest BCUT2D eigenvalue weighted by atomic mass is 9.80. The van der Waals surface area contributed by atoms with Gasteiger partial charge in [0.1, 0.15) is 0 Å². The van der Waals surface area contributed by atoms with Crippen molar-refractivity contribution in [1.82, 2.24) is 0 Å². The monoisotopic (exact) mass is 169 g/mol. The van der Waals surface area contributed by atoms with Gasteiger partial charge in [-0.3, -0.25) is 0 Å². The Morgan fingerprint density at radius 3 is 2.50 bits per heavy atom. The zero-order valence-electron chi connectivity index (χ0n) is 7.92. The van der Waals surface area contributed by atoms with Crippen molar-refractivity contribution in [3.8, 4) is 0 Å². The van der Waals surface area contributed by atoms with Crippen molar-refractivity contribution < 1.29 is 0 Å². The van der Waals surface area contributed by atoms with Crippen molar-refractivity contribution >= 4 is 0 Å². The summed E-state index contributed by atoms with van der Waals surface area (Å²) in [5.74, 6) is 4.96. The van der Waals surface area contributed by atoms with E-state index < -0.39 is 0 Å². The molecule has 12 heavy (non-hydrogen) atoms. The van der Waals surface area contributed by atoms with Gasteiger partial charge in [-0.1, -0.05) is 31.4 Å². The van der Waals surface area contributed by atoms with E-state index in [1.807, 2.05) is 0 Å². The van der Waals surface area contributed by atoms with Crippen LogP contribution in [0.5, 0.6) is 0 Å². The predicted molar refractivity (Wildman–Crippen MR) is 49.7 cm³/mol. The van der Waals surface area contributed by atoms with Crippen LogP contribution in [0, 0.1) is 5.41 Å². The highest BCUT2D eigenvalue weighted by molar-refractivity contribution is 4.83.